The molecule has 0 fully saturated rings. The Bertz CT molecular complexity index is 585. The van der Waals surface area contributed by atoms with Crippen LogP contribution in [-0.2, 0) is 0 Å². The molecule has 102 valence electrons. The average molecular weight is 390 g/mol. The molecule has 3 nitrogen and oxygen atoms in total. The highest BCUT2D eigenvalue weighted by Crippen LogP contribution is 2.37. The minimum atomic E-state index is -0.864. The molecule has 2 aromatic rings. The predicted octanol–water partition coefficient (Wildman–Crippen LogP) is 4.51. The standard InChI is InChI=1S/C14H14Br2O3/c1-7-4-5-9(13(18-3)8(7)2)12(17)11-6-10(15)14(16)19-11/h4-6,12,17H,1-3H3. The molecule has 0 saturated carbocycles. The van der Waals surface area contributed by atoms with Crippen molar-refractivity contribution in [1.29, 1.82) is 0 Å². The van der Waals surface area contributed by atoms with Gasteiger partial charge in [-0.2, -0.15) is 0 Å². The van der Waals surface area contributed by atoms with E-state index in [9.17, 15) is 5.11 Å². The molecular weight excluding hydrogens is 376 g/mol. The summed E-state index contributed by atoms with van der Waals surface area (Å²) in [5.74, 6) is 1.15. The lowest BCUT2D eigenvalue weighted by Gasteiger charge is -2.16. The predicted molar refractivity (Wildman–Crippen MR) is 80.6 cm³/mol. The van der Waals surface area contributed by atoms with Crippen molar-refractivity contribution in [2.24, 2.45) is 0 Å². The Morgan fingerprint density at radius 3 is 2.47 bits per heavy atom. The number of furan rings is 1. The Balaban J connectivity index is 2.49. The SMILES string of the molecule is COc1c(C(O)c2cc(Br)c(Br)o2)ccc(C)c1C. The topological polar surface area (TPSA) is 42.6 Å². The molecule has 0 radical (unpaired) electrons. The minimum absolute atomic E-state index is 0.459. The van der Waals surface area contributed by atoms with Gasteiger partial charge >= 0.3 is 0 Å². The van der Waals surface area contributed by atoms with E-state index in [0.29, 0.717) is 21.7 Å². The molecule has 5 heteroatoms. The molecule has 1 atom stereocenters. The number of benzene rings is 1. The zero-order valence-electron chi connectivity index (χ0n) is 10.8. The number of methoxy groups -OCH3 is 1. The average Bonchev–Trinajstić information content (AvgIpc) is 2.72. The lowest BCUT2D eigenvalue weighted by molar-refractivity contribution is 0.183. The molecule has 1 aromatic carbocycles. The normalized spacial score (nSPS) is 12.5. The molecule has 19 heavy (non-hydrogen) atoms. The number of hydrogen-bond donors (Lipinski definition) is 1. The Morgan fingerprint density at radius 1 is 1.26 bits per heavy atom. The van der Waals surface area contributed by atoms with Crippen LogP contribution in [-0.4, -0.2) is 12.2 Å². The first kappa shape index (κ1) is 14.6. The number of halogens is 2. The molecule has 1 unspecified atom stereocenters. The fourth-order valence-corrected chi connectivity index (χ4v) is 2.56. The fraction of sp³-hybridized carbons (Fsp3) is 0.286. The van der Waals surface area contributed by atoms with Crippen LogP contribution in [0.25, 0.3) is 0 Å². The highest BCUT2D eigenvalue weighted by molar-refractivity contribution is 9.13. The maximum Gasteiger partial charge on any atom is 0.183 e. The van der Waals surface area contributed by atoms with Gasteiger partial charge in [-0.05, 0) is 62.9 Å². The smallest absolute Gasteiger partial charge is 0.183 e. The maximum absolute atomic E-state index is 10.4. The van der Waals surface area contributed by atoms with Crippen molar-refractivity contribution >= 4 is 31.9 Å². The third-order valence-electron chi connectivity index (χ3n) is 3.14. The summed E-state index contributed by atoms with van der Waals surface area (Å²) < 4.78 is 12.2. The number of aliphatic hydroxyl groups is 1. The van der Waals surface area contributed by atoms with E-state index in [1.807, 2.05) is 26.0 Å². The van der Waals surface area contributed by atoms with Gasteiger partial charge in [0, 0.05) is 5.56 Å². The van der Waals surface area contributed by atoms with E-state index >= 15 is 0 Å². The highest BCUT2D eigenvalue weighted by atomic mass is 79.9. The first-order chi connectivity index (χ1) is 8.95. The van der Waals surface area contributed by atoms with Crippen molar-refractivity contribution in [1.82, 2.24) is 0 Å². The summed E-state index contributed by atoms with van der Waals surface area (Å²) in [5.41, 5.74) is 2.83. The lowest BCUT2D eigenvalue weighted by Crippen LogP contribution is -2.03. The zero-order valence-corrected chi connectivity index (χ0v) is 14.0. The molecule has 0 bridgehead atoms. The molecule has 0 aliphatic heterocycles. The second kappa shape index (κ2) is 5.69. The number of ether oxygens (including phenoxy) is 1. The third-order valence-corrected chi connectivity index (χ3v) is 4.85. The molecule has 1 N–H and O–H groups in total. The van der Waals surface area contributed by atoms with E-state index in [4.69, 9.17) is 9.15 Å². The molecule has 1 aromatic heterocycles. The zero-order chi connectivity index (χ0) is 14.2. The van der Waals surface area contributed by atoms with Crippen LogP contribution in [0.2, 0.25) is 0 Å². The van der Waals surface area contributed by atoms with Gasteiger partial charge in [0.15, 0.2) is 4.67 Å². The molecule has 0 aliphatic carbocycles. The molecular formula is C14H14Br2O3. The Morgan fingerprint density at radius 2 is 1.95 bits per heavy atom. The van der Waals surface area contributed by atoms with Crippen molar-refractivity contribution in [3.8, 4) is 5.75 Å². The summed E-state index contributed by atoms with van der Waals surface area (Å²) in [7, 11) is 1.60. The molecule has 0 aliphatic rings. The van der Waals surface area contributed by atoms with Gasteiger partial charge in [-0.15, -0.1) is 0 Å². The van der Waals surface area contributed by atoms with Gasteiger partial charge in [0.25, 0.3) is 0 Å². The van der Waals surface area contributed by atoms with E-state index in [1.165, 1.54) is 0 Å². The summed E-state index contributed by atoms with van der Waals surface area (Å²) in [5, 5.41) is 10.4. The number of aliphatic hydroxyl groups excluding tert-OH is 1. The first-order valence-electron chi connectivity index (χ1n) is 5.72. The second-order valence-corrected chi connectivity index (χ2v) is 5.88. The monoisotopic (exact) mass is 388 g/mol. The Labute approximate surface area is 128 Å². The van der Waals surface area contributed by atoms with Gasteiger partial charge in [0.2, 0.25) is 0 Å². The number of hydrogen-bond acceptors (Lipinski definition) is 3. The van der Waals surface area contributed by atoms with Crippen LogP contribution < -0.4 is 4.74 Å². The second-order valence-electron chi connectivity index (χ2n) is 4.30. The molecule has 1 heterocycles. The summed E-state index contributed by atoms with van der Waals surface area (Å²) in [6, 6.07) is 5.56. The lowest BCUT2D eigenvalue weighted by atomic mass is 9.99. The van der Waals surface area contributed by atoms with Crippen LogP contribution in [0.5, 0.6) is 5.75 Å². The van der Waals surface area contributed by atoms with Gasteiger partial charge in [-0.3, -0.25) is 0 Å². The summed E-state index contributed by atoms with van der Waals surface area (Å²) in [4.78, 5) is 0. The van der Waals surface area contributed by atoms with Crippen molar-refractivity contribution in [3.63, 3.8) is 0 Å². The fourth-order valence-electron chi connectivity index (χ4n) is 1.95. The molecule has 0 saturated heterocycles. The van der Waals surface area contributed by atoms with E-state index in [0.717, 1.165) is 15.6 Å². The molecule has 0 amide bonds. The third kappa shape index (κ3) is 2.73. The quantitative estimate of drug-likeness (QED) is 0.839. The summed E-state index contributed by atoms with van der Waals surface area (Å²) >= 11 is 6.60. The highest BCUT2D eigenvalue weighted by Gasteiger charge is 2.22. The van der Waals surface area contributed by atoms with Gasteiger partial charge in [0.1, 0.15) is 17.6 Å². The summed E-state index contributed by atoms with van der Waals surface area (Å²) in [6.45, 7) is 3.98. The van der Waals surface area contributed by atoms with Gasteiger partial charge in [0.05, 0.1) is 11.6 Å². The van der Waals surface area contributed by atoms with Crippen LogP contribution in [0, 0.1) is 13.8 Å². The van der Waals surface area contributed by atoms with E-state index in [-0.39, 0.29) is 0 Å². The largest absolute Gasteiger partial charge is 0.496 e. The first-order valence-corrected chi connectivity index (χ1v) is 7.31. The summed E-state index contributed by atoms with van der Waals surface area (Å²) in [6.07, 6.45) is -0.864. The molecule has 0 spiro atoms. The Hall–Kier alpha value is -0.780. The van der Waals surface area contributed by atoms with Crippen molar-refractivity contribution in [3.05, 3.63) is 49.8 Å². The molecule has 2 rings (SSSR count). The van der Waals surface area contributed by atoms with Gasteiger partial charge in [-0.25, -0.2) is 0 Å². The number of rotatable bonds is 3. The van der Waals surface area contributed by atoms with Crippen LogP contribution >= 0.6 is 31.9 Å². The number of aryl methyl sites for hydroxylation is 1. The van der Waals surface area contributed by atoms with E-state index in [1.54, 1.807) is 13.2 Å². The van der Waals surface area contributed by atoms with Crippen LogP contribution in [0.4, 0.5) is 0 Å². The van der Waals surface area contributed by atoms with Crippen molar-refractivity contribution in [2.45, 2.75) is 20.0 Å². The van der Waals surface area contributed by atoms with Gasteiger partial charge < -0.3 is 14.3 Å². The Kier molecular flexibility index (Phi) is 4.38. The van der Waals surface area contributed by atoms with Crippen LogP contribution in [0.3, 0.4) is 0 Å². The van der Waals surface area contributed by atoms with Crippen LogP contribution in [0.15, 0.2) is 31.8 Å². The van der Waals surface area contributed by atoms with Gasteiger partial charge in [-0.1, -0.05) is 12.1 Å². The minimum Gasteiger partial charge on any atom is -0.496 e. The van der Waals surface area contributed by atoms with Crippen molar-refractivity contribution < 1.29 is 14.3 Å². The van der Waals surface area contributed by atoms with Crippen LogP contribution in [0.1, 0.15) is 28.6 Å². The van der Waals surface area contributed by atoms with E-state index < -0.39 is 6.10 Å². The maximum atomic E-state index is 10.4. The van der Waals surface area contributed by atoms with E-state index in [2.05, 4.69) is 31.9 Å². The van der Waals surface area contributed by atoms with Crippen molar-refractivity contribution in [2.75, 3.05) is 7.11 Å².